The highest BCUT2D eigenvalue weighted by Crippen LogP contribution is 2.16. The molecule has 13 heavy (non-hydrogen) atoms. The second-order valence-corrected chi connectivity index (χ2v) is 2.91. The van der Waals surface area contributed by atoms with Gasteiger partial charge in [-0.05, 0) is 20.8 Å². The summed E-state index contributed by atoms with van der Waals surface area (Å²) in [6.45, 7) is 6.16. The maximum atomic E-state index is 5.76. The molecule has 1 unspecified atom stereocenters. The fourth-order valence-corrected chi connectivity index (χ4v) is 1.16. The van der Waals surface area contributed by atoms with Gasteiger partial charge in [0.2, 0.25) is 5.88 Å². The predicted molar refractivity (Wildman–Crippen MR) is 51.4 cm³/mol. The summed E-state index contributed by atoms with van der Waals surface area (Å²) in [4.78, 5) is 4.23. The zero-order chi connectivity index (χ0) is 10.0. The Morgan fingerprint density at radius 2 is 2.23 bits per heavy atom. The molecular weight excluding hydrogens is 168 g/mol. The summed E-state index contributed by atoms with van der Waals surface area (Å²) in [6, 6.07) is 0. The Bertz CT molecular complexity index is 259. The number of allylic oxidation sites excluding steroid dienone is 1. The zero-order valence-corrected chi connectivity index (χ0v) is 8.24. The number of rotatable bonds is 2. The standard InChI is InChI=1S/C8H16N4O/c1-4-13-8-7(9)5(2)11-6(3)12(8)10/h6H,4,9-10H2,1-3H3. The van der Waals surface area contributed by atoms with E-state index in [0.717, 1.165) is 5.71 Å². The van der Waals surface area contributed by atoms with Crippen LogP contribution >= 0.6 is 0 Å². The number of aliphatic imine (C=N–C) groups is 1. The highest BCUT2D eigenvalue weighted by Gasteiger charge is 2.23. The van der Waals surface area contributed by atoms with E-state index >= 15 is 0 Å². The Labute approximate surface area is 78.0 Å². The highest BCUT2D eigenvalue weighted by molar-refractivity contribution is 5.98. The molecule has 0 aromatic heterocycles. The lowest BCUT2D eigenvalue weighted by molar-refractivity contribution is 0.0928. The van der Waals surface area contributed by atoms with Crippen molar-refractivity contribution in [1.82, 2.24) is 5.01 Å². The van der Waals surface area contributed by atoms with E-state index in [1.54, 1.807) is 0 Å². The first-order chi connectivity index (χ1) is 6.07. The van der Waals surface area contributed by atoms with Crippen LogP contribution in [-0.4, -0.2) is 23.5 Å². The second-order valence-electron chi connectivity index (χ2n) is 2.91. The first-order valence-electron chi connectivity index (χ1n) is 4.29. The van der Waals surface area contributed by atoms with Gasteiger partial charge in [0.15, 0.2) is 0 Å². The molecule has 1 aliphatic heterocycles. The zero-order valence-electron chi connectivity index (χ0n) is 8.24. The van der Waals surface area contributed by atoms with Gasteiger partial charge in [-0.15, -0.1) is 0 Å². The van der Waals surface area contributed by atoms with Crippen LogP contribution in [0.4, 0.5) is 0 Å². The van der Waals surface area contributed by atoms with E-state index in [2.05, 4.69) is 4.99 Å². The number of hydrogen-bond acceptors (Lipinski definition) is 5. The number of nitrogens with zero attached hydrogens (tertiary/aromatic N) is 2. The average Bonchev–Trinajstić information content (AvgIpc) is 2.09. The fraction of sp³-hybridized carbons (Fsp3) is 0.625. The monoisotopic (exact) mass is 184 g/mol. The molecule has 0 aliphatic carbocycles. The number of ether oxygens (including phenoxy) is 1. The van der Waals surface area contributed by atoms with Gasteiger partial charge >= 0.3 is 0 Å². The minimum absolute atomic E-state index is 0.117. The summed E-state index contributed by atoms with van der Waals surface area (Å²) >= 11 is 0. The lowest BCUT2D eigenvalue weighted by atomic mass is 10.2. The number of nitrogens with two attached hydrogens (primary N) is 2. The average molecular weight is 184 g/mol. The molecule has 0 saturated heterocycles. The number of hydrogen-bond donors (Lipinski definition) is 2. The van der Waals surface area contributed by atoms with Gasteiger partial charge in [-0.3, -0.25) is 10.0 Å². The summed E-state index contributed by atoms with van der Waals surface area (Å²) in [5.74, 6) is 6.24. The Morgan fingerprint density at radius 3 is 2.77 bits per heavy atom. The predicted octanol–water partition coefficient (Wildman–Crippen LogP) is 0.147. The Morgan fingerprint density at radius 1 is 1.62 bits per heavy atom. The molecule has 0 saturated carbocycles. The minimum Gasteiger partial charge on any atom is -0.477 e. The quantitative estimate of drug-likeness (QED) is 0.599. The van der Waals surface area contributed by atoms with Crippen molar-refractivity contribution in [1.29, 1.82) is 0 Å². The summed E-state index contributed by atoms with van der Waals surface area (Å²) < 4.78 is 5.32. The molecule has 0 spiro atoms. The summed E-state index contributed by atoms with van der Waals surface area (Å²) in [6.07, 6.45) is -0.117. The van der Waals surface area contributed by atoms with Crippen LogP contribution in [0.5, 0.6) is 0 Å². The van der Waals surface area contributed by atoms with E-state index in [0.29, 0.717) is 18.2 Å². The van der Waals surface area contributed by atoms with E-state index in [1.807, 2.05) is 20.8 Å². The normalized spacial score (nSPS) is 23.2. The van der Waals surface area contributed by atoms with Gasteiger partial charge < -0.3 is 10.5 Å². The third-order valence-corrected chi connectivity index (χ3v) is 1.92. The van der Waals surface area contributed by atoms with Crippen LogP contribution in [0, 0.1) is 0 Å². The molecule has 5 heteroatoms. The topological polar surface area (TPSA) is 76.9 Å². The van der Waals surface area contributed by atoms with E-state index in [-0.39, 0.29) is 6.17 Å². The lowest BCUT2D eigenvalue weighted by Crippen LogP contribution is -2.44. The third-order valence-electron chi connectivity index (χ3n) is 1.92. The lowest BCUT2D eigenvalue weighted by Gasteiger charge is -2.30. The summed E-state index contributed by atoms with van der Waals surface area (Å²) in [7, 11) is 0. The van der Waals surface area contributed by atoms with Crippen molar-refractivity contribution in [2.75, 3.05) is 6.61 Å². The van der Waals surface area contributed by atoms with E-state index in [4.69, 9.17) is 16.3 Å². The van der Waals surface area contributed by atoms with Gasteiger partial charge in [-0.1, -0.05) is 0 Å². The van der Waals surface area contributed by atoms with Gasteiger partial charge in [0.25, 0.3) is 0 Å². The van der Waals surface area contributed by atoms with Crippen molar-refractivity contribution >= 4 is 5.71 Å². The van der Waals surface area contributed by atoms with Gasteiger partial charge in [-0.25, -0.2) is 5.84 Å². The van der Waals surface area contributed by atoms with Gasteiger partial charge in [0.05, 0.1) is 12.3 Å². The molecule has 5 nitrogen and oxygen atoms in total. The Kier molecular flexibility index (Phi) is 2.77. The molecular formula is C8H16N4O. The first-order valence-corrected chi connectivity index (χ1v) is 4.29. The van der Waals surface area contributed by atoms with Gasteiger partial charge in [0.1, 0.15) is 11.9 Å². The largest absolute Gasteiger partial charge is 0.477 e. The molecule has 0 bridgehead atoms. The summed E-state index contributed by atoms with van der Waals surface area (Å²) in [5.41, 5.74) is 7.06. The Balaban J connectivity index is 2.96. The molecule has 0 aromatic carbocycles. The molecule has 4 N–H and O–H groups in total. The molecule has 0 fully saturated rings. The van der Waals surface area contributed by atoms with E-state index in [1.165, 1.54) is 5.01 Å². The van der Waals surface area contributed by atoms with Crippen LogP contribution in [0.1, 0.15) is 20.8 Å². The first kappa shape index (κ1) is 9.85. The third kappa shape index (κ3) is 1.75. The molecule has 1 heterocycles. The SMILES string of the molecule is CCOC1=C(N)C(C)=NC(C)N1N. The minimum atomic E-state index is -0.117. The van der Waals surface area contributed by atoms with Crippen molar-refractivity contribution in [3.05, 3.63) is 11.6 Å². The molecule has 1 atom stereocenters. The van der Waals surface area contributed by atoms with Crippen LogP contribution in [0.15, 0.2) is 16.6 Å². The van der Waals surface area contributed by atoms with Crippen LogP contribution in [0.25, 0.3) is 0 Å². The van der Waals surface area contributed by atoms with Gasteiger partial charge in [-0.2, -0.15) is 0 Å². The van der Waals surface area contributed by atoms with Crippen molar-refractivity contribution < 1.29 is 4.74 Å². The van der Waals surface area contributed by atoms with Gasteiger partial charge in [0, 0.05) is 0 Å². The van der Waals surface area contributed by atoms with Crippen molar-refractivity contribution in [3.63, 3.8) is 0 Å². The van der Waals surface area contributed by atoms with Crippen LogP contribution in [-0.2, 0) is 4.74 Å². The highest BCUT2D eigenvalue weighted by atomic mass is 16.5. The van der Waals surface area contributed by atoms with E-state index < -0.39 is 0 Å². The van der Waals surface area contributed by atoms with Crippen molar-refractivity contribution in [3.8, 4) is 0 Å². The molecule has 0 amide bonds. The van der Waals surface area contributed by atoms with Crippen LogP contribution in [0.2, 0.25) is 0 Å². The molecule has 74 valence electrons. The van der Waals surface area contributed by atoms with Crippen molar-refractivity contribution in [2.24, 2.45) is 16.6 Å². The fourth-order valence-electron chi connectivity index (χ4n) is 1.16. The Hall–Kier alpha value is -1.23. The molecule has 0 aromatic rings. The second kappa shape index (κ2) is 3.66. The maximum Gasteiger partial charge on any atom is 0.231 e. The number of hydrazine groups is 1. The summed E-state index contributed by atoms with van der Waals surface area (Å²) in [5, 5.41) is 1.44. The van der Waals surface area contributed by atoms with E-state index in [9.17, 15) is 0 Å². The molecule has 0 radical (unpaired) electrons. The van der Waals surface area contributed by atoms with Crippen LogP contribution < -0.4 is 11.6 Å². The maximum absolute atomic E-state index is 5.76. The molecule has 1 rings (SSSR count). The molecule has 1 aliphatic rings. The van der Waals surface area contributed by atoms with Crippen LogP contribution in [0.3, 0.4) is 0 Å². The van der Waals surface area contributed by atoms with Crippen molar-refractivity contribution in [2.45, 2.75) is 26.9 Å². The smallest absolute Gasteiger partial charge is 0.231 e.